The van der Waals surface area contributed by atoms with Gasteiger partial charge in [0, 0.05) is 12.1 Å². The van der Waals surface area contributed by atoms with Crippen LogP contribution in [0.2, 0.25) is 0 Å². The fraction of sp³-hybridized carbons (Fsp3) is 0.625. The van der Waals surface area contributed by atoms with Gasteiger partial charge in [0.05, 0.1) is 7.11 Å². The highest BCUT2D eigenvalue weighted by atomic mass is 16.5. The Balaban J connectivity index is 1.97. The Morgan fingerprint density at radius 1 is 1.39 bits per heavy atom. The number of hydrogen-bond donors (Lipinski definition) is 1. The molecule has 1 fully saturated rings. The molecule has 1 aromatic carbocycles. The normalized spacial score (nSPS) is 23.9. The van der Waals surface area contributed by atoms with Gasteiger partial charge in [-0.25, -0.2) is 0 Å². The molecule has 18 heavy (non-hydrogen) atoms. The van der Waals surface area contributed by atoms with Gasteiger partial charge in [0.25, 0.3) is 0 Å². The van der Waals surface area contributed by atoms with Gasteiger partial charge < -0.3 is 10.1 Å². The van der Waals surface area contributed by atoms with Crippen LogP contribution in [0.4, 0.5) is 0 Å². The second kappa shape index (κ2) is 5.31. The predicted molar refractivity (Wildman–Crippen MR) is 76.0 cm³/mol. The topological polar surface area (TPSA) is 21.3 Å². The molecule has 1 aliphatic carbocycles. The molecule has 100 valence electrons. The van der Waals surface area contributed by atoms with Crippen LogP contribution in [0.5, 0.6) is 5.75 Å². The Kier molecular flexibility index (Phi) is 3.96. The summed E-state index contributed by atoms with van der Waals surface area (Å²) in [4.78, 5) is 0. The van der Waals surface area contributed by atoms with Gasteiger partial charge in [-0.1, -0.05) is 26.0 Å². The molecule has 1 saturated carbocycles. The summed E-state index contributed by atoms with van der Waals surface area (Å²) in [6, 6.07) is 9.39. The van der Waals surface area contributed by atoms with Crippen LogP contribution >= 0.6 is 0 Å². The van der Waals surface area contributed by atoms with Gasteiger partial charge in [-0.2, -0.15) is 0 Å². The van der Waals surface area contributed by atoms with Gasteiger partial charge in [-0.05, 0) is 49.3 Å². The maximum Gasteiger partial charge on any atom is 0.119 e. The van der Waals surface area contributed by atoms with Crippen LogP contribution in [-0.4, -0.2) is 13.2 Å². The zero-order chi connectivity index (χ0) is 13.2. The van der Waals surface area contributed by atoms with Crippen molar-refractivity contribution in [1.82, 2.24) is 5.32 Å². The molecule has 2 heteroatoms. The quantitative estimate of drug-likeness (QED) is 0.870. The molecule has 0 heterocycles. The molecule has 0 bridgehead atoms. The molecule has 1 N–H and O–H groups in total. The van der Waals surface area contributed by atoms with Crippen LogP contribution in [-0.2, 0) is 0 Å². The van der Waals surface area contributed by atoms with Crippen molar-refractivity contribution in [2.75, 3.05) is 7.11 Å². The number of rotatable bonds is 4. The molecule has 1 aromatic rings. The zero-order valence-corrected chi connectivity index (χ0v) is 12.0. The zero-order valence-electron chi connectivity index (χ0n) is 12.0. The molecule has 0 aromatic heterocycles. The third kappa shape index (κ3) is 3.26. The summed E-state index contributed by atoms with van der Waals surface area (Å²) in [5.41, 5.74) is 1.81. The summed E-state index contributed by atoms with van der Waals surface area (Å²) in [7, 11) is 1.72. The molecular formula is C16H25NO. The lowest BCUT2D eigenvalue weighted by Crippen LogP contribution is -2.30. The van der Waals surface area contributed by atoms with E-state index in [0.29, 0.717) is 17.5 Å². The van der Waals surface area contributed by atoms with Crippen molar-refractivity contribution in [3.05, 3.63) is 29.8 Å². The summed E-state index contributed by atoms with van der Waals surface area (Å²) >= 11 is 0. The van der Waals surface area contributed by atoms with Gasteiger partial charge in [0.15, 0.2) is 0 Å². The van der Waals surface area contributed by atoms with Crippen molar-refractivity contribution in [2.45, 2.75) is 52.1 Å². The van der Waals surface area contributed by atoms with Gasteiger partial charge in [0.2, 0.25) is 0 Å². The van der Waals surface area contributed by atoms with Crippen LogP contribution in [0.25, 0.3) is 0 Å². The Bertz CT molecular complexity index is 400. The molecule has 0 saturated heterocycles. The molecule has 0 spiro atoms. The molecule has 2 nitrogen and oxygen atoms in total. The third-order valence-corrected chi connectivity index (χ3v) is 4.05. The van der Waals surface area contributed by atoms with E-state index < -0.39 is 0 Å². The standard InChI is InChI=1S/C16H25NO/c1-12(13-6-5-7-15(10-13)18-4)17-14-8-9-16(2,3)11-14/h5-7,10,12,14,17H,8-9,11H2,1-4H3/t12-,14?/m1/s1. The molecule has 0 amide bonds. The summed E-state index contributed by atoms with van der Waals surface area (Å²) < 4.78 is 5.28. The highest BCUT2D eigenvalue weighted by Crippen LogP contribution is 2.37. The largest absolute Gasteiger partial charge is 0.497 e. The Labute approximate surface area is 111 Å². The summed E-state index contributed by atoms with van der Waals surface area (Å²) in [5, 5.41) is 3.75. The number of methoxy groups -OCH3 is 1. The van der Waals surface area contributed by atoms with Crippen LogP contribution in [0.15, 0.2) is 24.3 Å². The first kappa shape index (κ1) is 13.4. The number of ether oxygens (including phenoxy) is 1. The van der Waals surface area contributed by atoms with Crippen LogP contribution in [0, 0.1) is 5.41 Å². The minimum absolute atomic E-state index is 0.388. The SMILES string of the molecule is COc1cccc([C@@H](C)NC2CCC(C)(C)C2)c1. The van der Waals surface area contributed by atoms with E-state index in [0.717, 1.165) is 5.75 Å². The maximum absolute atomic E-state index is 5.28. The lowest BCUT2D eigenvalue weighted by atomic mass is 9.91. The number of benzene rings is 1. The molecule has 2 atom stereocenters. The molecule has 0 aliphatic heterocycles. The van der Waals surface area contributed by atoms with E-state index in [-0.39, 0.29) is 0 Å². The van der Waals surface area contributed by atoms with E-state index >= 15 is 0 Å². The minimum Gasteiger partial charge on any atom is -0.497 e. The maximum atomic E-state index is 5.28. The fourth-order valence-electron chi connectivity index (χ4n) is 2.94. The molecule has 1 unspecified atom stereocenters. The van der Waals surface area contributed by atoms with E-state index in [9.17, 15) is 0 Å². The highest BCUT2D eigenvalue weighted by Gasteiger charge is 2.31. The van der Waals surface area contributed by atoms with E-state index in [1.807, 2.05) is 6.07 Å². The Morgan fingerprint density at radius 2 is 2.17 bits per heavy atom. The average molecular weight is 247 g/mol. The number of nitrogens with one attached hydrogen (secondary N) is 1. The monoisotopic (exact) mass is 247 g/mol. The van der Waals surface area contributed by atoms with Crippen molar-refractivity contribution >= 4 is 0 Å². The van der Waals surface area contributed by atoms with Crippen molar-refractivity contribution in [1.29, 1.82) is 0 Å². The van der Waals surface area contributed by atoms with Gasteiger partial charge >= 0.3 is 0 Å². The van der Waals surface area contributed by atoms with E-state index in [2.05, 4.69) is 44.3 Å². The van der Waals surface area contributed by atoms with Crippen LogP contribution in [0.3, 0.4) is 0 Å². The Morgan fingerprint density at radius 3 is 2.78 bits per heavy atom. The summed E-state index contributed by atoms with van der Waals surface area (Å²) in [6.07, 6.45) is 3.90. The van der Waals surface area contributed by atoms with Crippen molar-refractivity contribution in [3.8, 4) is 5.75 Å². The smallest absolute Gasteiger partial charge is 0.119 e. The van der Waals surface area contributed by atoms with E-state index in [4.69, 9.17) is 4.74 Å². The van der Waals surface area contributed by atoms with Crippen LogP contribution in [0.1, 0.15) is 51.6 Å². The van der Waals surface area contributed by atoms with E-state index in [1.54, 1.807) is 7.11 Å². The first-order valence-electron chi connectivity index (χ1n) is 6.90. The first-order chi connectivity index (χ1) is 8.50. The molecule has 0 radical (unpaired) electrons. The molecular weight excluding hydrogens is 222 g/mol. The summed E-state index contributed by atoms with van der Waals surface area (Å²) in [6.45, 7) is 6.97. The average Bonchev–Trinajstić information content (AvgIpc) is 2.68. The van der Waals surface area contributed by atoms with Gasteiger partial charge in [0.1, 0.15) is 5.75 Å². The second-order valence-electron chi connectivity index (χ2n) is 6.27. The van der Waals surface area contributed by atoms with E-state index in [1.165, 1.54) is 24.8 Å². The number of hydrogen-bond acceptors (Lipinski definition) is 2. The molecule has 1 aliphatic rings. The van der Waals surface area contributed by atoms with Crippen LogP contribution < -0.4 is 10.1 Å². The second-order valence-corrected chi connectivity index (χ2v) is 6.27. The minimum atomic E-state index is 0.388. The lowest BCUT2D eigenvalue weighted by molar-refractivity contribution is 0.356. The van der Waals surface area contributed by atoms with Crippen molar-refractivity contribution in [3.63, 3.8) is 0 Å². The lowest BCUT2D eigenvalue weighted by Gasteiger charge is -2.22. The first-order valence-corrected chi connectivity index (χ1v) is 6.90. The Hall–Kier alpha value is -1.02. The molecule has 2 rings (SSSR count). The van der Waals surface area contributed by atoms with Crippen molar-refractivity contribution < 1.29 is 4.74 Å². The van der Waals surface area contributed by atoms with Crippen molar-refractivity contribution in [2.24, 2.45) is 5.41 Å². The van der Waals surface area contributed by atoms with Gasteiger partial charge in [-0.15, -0.1) is 0 Å². The fourth-order valence-corrected chi connectivity index (χ4v) is 2.94. The third-order valence-electron chi connectivity index (χ3n) is 4.05. The highest BCUT2D eigenvalue weighted by molar-refractivity contribution is 5.30. The predicted octanol–water partition coefficient (Wildman–Crippen LogP) is 3.92. The van der Waals surface area contributed by atoms with Gasteiger partial charge in [-0.3, -0.25) is 0 Å². The summed E-state index contributed by atoms with van der Waals surface area (Å²) in [5.74, 6) is 0.938.